The normalized spacial score (nSPS) is 12.8. The molecule has 5 nitrogen and oxygen atoms in total. The Bertz CT molecular complexity index is 924. The molecule has 1 heterocycles. The summed E-state index contributed by atoms with van der Waals surface area (Å²) in [5, 5.41) is 17.3. The fraction of sp³-hybridized carbons (Fsp3) is 0.222. The van der Waals surface area contributed by atoms with E-state index in [1.165, 1.54) is 0 Å². The maximum absolute atomic E-state index is 11.8. The number of halogens is 2. The molecule has 1 aromatic heterocycles. The van der Waals surface area contributed by atoms with Crippen molar-refractivity contribution in [2.45, 2.75) is 25.3 Å². The summed E-state index contributed by atoms with van der Waals surface area (Å²) in [6, 6.07) is 14.4. The summed E-state index contributed by atoms with van der Waals surface area (Å²) in [4.78, 5) is 11.6. The Morgan fingerprint density at radius 3 is 2.12 bits per heavy atom. The van der Waals surface area contributed by atoms with Crippen LogP contribution in [0.15, 0.2) is 48.5 Å². The van der Waals surface area contributed by atoms with E-state index in [2.05, 4.69) is 9.19 Å². The van der Waals surface area contributed by atoms with Crippen LogP contribution in [0.1, 0.15) is 29.8 Å². The van der Waals surface area contributed by atoms with Crippen LogP contribution in [0.3, 0.4) is 0 Å². The molecule has 0 unspecified atom stereocenters. The fourth-order valence-corrected chi connectivity index (χ4v) is 5.16. The van der Waals surface area contributed by atoms with Crippen molar-refractivity contribution in [3.63, 3.8) is 0 Å². The second kappa shape index (κ2) is 7.49. The average molecular weight is 455 g/mol. The number of nitro groups is 1. The minimum absolute atomic E-state index is 0.243. The molecule has 0 N–H and O–H groups in total. The Morgan fingerprint density at radius 2 is 1.58 bits per heavy atom. The molecule has 0 fully saturated rings. The van der Waals surface area contributed by atoms with Crippen LogP contribution in [0.5, 0.6) is 0 Å². The third kappa shape index (κ3) is 3.69. The Labute approximate surface area is 167 Å². The first-order valence-electron chi connectivity index (χ1n) is 7.79. The van der Waals surface area contributed by atoms with Gasteiger partial charge in [0, 0.05) is 0 Å². The second-order valence-corrected chi connectivity index (χ2v) is 8.91. The number of rotatable bonds is 5. The van der Waals surface area contributed by atoms with Gasteiger partial charge in [-0.2, -0.15) is 0 Å². The first-order valence-corrected chi connectivity index (χ1v) is 10.2. The van der Waals surface area contributed by atoms with E-state index in [0.717, 1.165) is 15.6 Å². The van der Waals surface area contributed by atoms with Crippen molar-refractivity contribution in [1.29, 1.82) is 0 Å². The van der Waals surface area contributed by atoms with E-state index in [-0.39, 0.29) is 19.7 Å². The summed E-state index contributed by atoms with van der Waals surface area (Å²) < 4.78 is 5.09. The summed E-state index contributed by atoms with van der Waals surface area (Å²) in [6.45, 7) is 3.26. The predicted molar refractivity (Wildman–Crippen MR) is 104 cm³/mol. The quantitative estimate of drug-likeness (QED) is 0.318. The zero-order chi connectivity index (χ0) is 18.9. The topological polar surface area (TPSA) is 68.9 Å². The van der Waals surface area contributed by atoms with Crippen molar-refractivity contribution >= 4 is 37.9 Å². The molecule has 0 aliphatic heterocycles. The van der Waals surface area contributed by atoms with E-state index in [9.17, 15) is 10.1 Å². The van der Waals surface area contributed by atoms with Crippen LogP contribution in [-0.4, -0.2) is 34.4 Å². The SMILES string of the molecule is CC(C)([C@H](c1ccc(Cl)cc1)c1[se]nnc1-c1ccc(Cl)cc1)[N+](=O)[O-]. The molecule has 0 amide bonds. The van der Waals surface area contributed by atoms with Gasteiger partial charge in [0.15, 0.2) is 0 Å². The number of benzene rings is 2. The van der Waals surface area contributed by atoms with Crippen LogP contribution in [0.4, 0.5) is 0 Å². The van der Waals surface area contributed by atoms with Gasteiger partial charge >= 0.3 is 167 Å². The molecule has 134 valence electrons. The standard InChI is InChI=1S/C18H15Cl2N3O2Se/c1-18(2,23(24)25)15(11-3-7-13(19)8-4-11)17-16(21-22-26-17)12-5-9-14(20)10-6-12/h3-10,15H,1-2H3/t15-/m1/s1. The van der Waals surface area contributed by atoms with E-state index in [1.54, 1.807) is 38.1 Å². The van der Waals surface area contributed by atoms with Gasteiger partial charge in [-0.3, -0.25) is 0 Å². The first kappa shape index (κ1) is 19.1. The second-order valence-electron chi connectivity index (χ2n) is 6.39. The van der Waals surface area contributed by atoms with Crippen LogP contribution in [-0.2, 0) is 0 Å². The maximum atomic E-state index is 11.8. The molecule has 0 aliphatic carbocycles. The van der Waals surface area contributed by atoms with Gasteiger partial charge in [0.2, 0.25) is 0 Å². The third-order valence-corrected chi connectivity index (χ3v) is 6.43. The van der Waals surface area contributed by atoms with Crippen molar-refractivity contribution in [1.82, 2.24) is 9.19 Å². The summed E-state index contributed by atoms with van der Waals surface area (Å²) in [6.07, 6.45) is 0. The fourth-order valence-electron chi connectivity index (χ4n) is 2.84. The molecule has 26 heavy (non-hydrogen) atoms. The van der Waals surface area contributed by atoms with Gasteiger partial charge in [-0.15, -0.1) is 0 Å². The Balaban J connectivity index is 2.18. The summed E-state index contributed by atoms with van der Waals surface area (Å²) in [7, 11) is 0. The van der Waals surface area contributed by atoms with Crippen LogP contribution in [0, 0.1) is 10.1 Å². The number of hydrogen-bond donors (Lipinski definition) is 0. The van der Waals surface area contributed by atoms with E-state index in [4.69, 9.17) is 23.2 Å². The number of aromatic nitrogens is 2. The van der Waals surface area contributed by atoms with Crippen molar-refractivity contribution in [3.8, 4) is 11.3 Å². The summed E-state index contributed by atoms with van der Waals surface area (Å²) in [5.74, 6) is -0.463. The molecule has 2 aromatic carbocycles. The molecule has 0 spiro atoms. The van der Waals surface area contributed by atoms with Crippen molar-refractivity contribution in [3.05, 3.63) is 78.7 Å². The first-order chi connectivity index (χ1) is 12.3. The molecule has 0 bridgehead atoms. The van der Waals surface area contributed by atoms with Crippen LogP contribution in [0.2, 0.25) is 10.0 Å². The van der Waals surface area contributed by atoms with Gasteiger partial charge in [-0.05, 0) is 0 Å². The monoisotopic (exact) mass is 455 g/mol. The molecule has 0 aliphatic rings. The van der Waals surface area contributed by atoms with Crippen molar-refractivity contribution < 1.29 is 4.92 Å². The zero-order valence-corrected chi connectivity index (χ0v) is 17.2. The van der Waals surface area contributed by atoms with E-state index >= 15 is 0 Å². The summed E-state index contributed by atoms with van der Waals surface area (Å²) in [5.41, 5.74) is 1.15. The average Bonchev–Trinajstić information content (AvgIpc) is 3.06. The minimum atomic E-state index is -1.22. The molecule has 3 aromatic rings. The van der Waals surface area contributed by atoms with Gasteiger partial charge in [0.1, 0.15) is 0 Å². The number of nitrogens with zero attached hydrogens (tertiary/aromatic N) is 3. The molecule has 1 atom stereocenters. The van der Waals surface area contributed by atoms with Gasteiger partial charge < -0.3 is 0 Å². The van der Waals surface area contributed by atoms with Gasteiger partial charge in [-0.1, -0.05) is 0 Å². The molecule has 3 rings (SSSR count). The van der Waals surface area contributed by atoms with Gasteiger partial charge in [0.05, 0.1) is 0 Å². The zero-order valence-electron chi connectivity index (χ0n) is 14.0. The van der Waals surface area contributed by atoms with E-state index in [0.29, 0.717) is 15.7 Å². The molecular weight excluding hydrogens is 440 g/mol. The van der Waals surface area contributed by atoms with Crippen LogP contribution >= 0.6 is 23.2 Å². The van der Waals surface area contributed by atoms with E-state index in [1.807, 2.05) is 24.3 Å². The van der Waals surface area contributed by atoms with E-state index < -0.39 is 11.5 Å². The Hall–Kier alpha value is -1.72. The summed E-state index contributed by atoms with van der Waals surface area (Å²) >= 11 is 11.7. The molecule has 8 heteroatoms. The molecule has 0 radical (unpaired) electrons. The molecule has 0 saturated heterocycles. The predicted octanol–water partition coefficient (Wildman–Crippen LogP) is 4.69. The van der Waals surface area contributed by atoms with Crippen molar-refractivity contribution in [2.24, 2.45) is 0 Å². The van der Waals surface area contributed by atoms with Gasteiger partial charge in [0.25, 0.3) is 0 Å². The Kier molecular flexibility index (Phi) is 5.49. The van der Waals surface area contributed by atoms with Crippen LogP contribution in [0.25, 0.3) is 11.3 Å². The number of hydrogen-bond acceptors (Lipinski definition) is 4. The third-order valence-electron chi connectivity index (χ3n) is 4.27. The van der Waals surface area contributed by atoms with Gasteiger partial charge in [-0.25, -0.2) is 0 Å². The molecular formula is C18H15Cl2N3O2Se. The van der Waals surface area contributed by atoms with Crippen LogP contribution < -0.4 is 0 Å². The molecule has 0 saturated carbocycles. The van der Waals surface area contributed by atoms with Crippen molar-refractivity contribution in [2.75, 3.05) is 0 Å². The Morgan fingerprint density at radius 1 is 1.04 bits per heavy atom.